The molecule has 0 radical (unpaired) electrons. The molecule has 2 aliphatic rings. The van der Waals surface area contributed by atoms with Gasteiger partial charge in [-0.3, -0.25) is 9.69 Å². The van der Waals surface area contributed by atoms with Gasteiger partial charge in [-0.2, -0.15) is 0 Å². The van der Waals surface area contributed by atoms with Crippen molar-refractivity contribution in [3.8, 4) is 0 Å². The van der Waals surface area contributed by atoms with Crippen molar-refractivity contribution in [2.45, 2.75) is 38.0 Å². The molecule has 0 spiro atoms. The molecule has 6 nitrogen and oxygen atoms in total. The second-order valence-corrected chi connectivity index (χ2v) is 5.37. The number of hydrogen-bond acceptors (Lipinski definition) is 5. The average Bonchev–Trinajstić information content (AvgIpc) is 2.42. The number of carbonyl (C=O) groups excluding carboxylic acids is 1. The minimum atomic E-state index is -0.174. The van der Waals surface area contributed by atoms with Crippen LogP contribution in [0.3, 0.4) is 0 Å². The molecule has 0 aliphatic carbocycles. The molecule has 6 heteroatoms. The fourth-order valence-electron chi connectivity index (χ4n) is 2.51. The summed E-state index contributed by atoms with van der Waals surface area (Å²) in [6.07, 6.45) is 1.61. The van der Waals surface area contributed by atoms with Crippen LogP contribution in [0.15, 0.2) is 0 Å². The molecule has 2 heterocycles. The third-order valence-corrected chi connectivity index (χ3v) is 3.77. The molecule has 0 aromatic rings. The predicted octanol–water partition coefficient (Wildman–Crippen LogP) is -0.637. The van der Waals surface area contributed by atoms with Crippen LogP contribution in [0.4, 0.5) is 0 Å². The summed E-state index contributed by atoms with van der Waals surface area (Å²) >= 11 is 0. The van der Waals surface area contributed by atoms with E-state index in [4.69, 9.17) is 14.6 Å². The minimum Gasteiger partial charge on any atom is -0.394 e. The first-order valence-electron chi connectivity index (χ1n) is 7.02. The van der Waals surface area contributed by atoms with Crippen LogP contribution in [-0.4, -0.2) is 73.6 Å². The van der Waals surface area contributed by atoms with Gasteiger partial charge in [0.1, 0.15) is 0 Å². The molecule has 2 rings (SSSR count). The maximum absolute atomic E-state index is 12.0. The van der Waals surface area contributed by atoms with Crippen molar-refractivity contribution >= 4 is 5.91 Å². The quantitative estimate of drug-likeness (QED) is 0.712. The van der Waals surface area contributed by atoms with E-state index in [0.29, 0.717) is 19.7 Å². The summed E-state index contributed by atoms with van der Waals surface area (Å²) in [6, 6.07) is 0.453. The topological polar surface area (TPSA) is 71.0 Å². The van der Waals surface area contributed by atoms with Gasteiger partial charge in [-0.1, -0.05) is 0 Å². The zero-order valence-corrected chi connectivity index (χ0v) is 11.5. The number of hydrogen-bond donors (Lipinski definition) is 2. The van der Waals surface area contributed by atoms with E-state index in [2.05, 4.69) is 10.2 Å². The summed E-state index contributed by atoms with van der Waals surface area (Å²) in [6.45, 7) is 5.05. The molecule has 2 fully saturated rings. The Morgan fingerprint density at radius 2 is 2.16 bits per heavy atom. The standard InChI is InChI=1S/C13H24N2O4/c1-10-9-19-12(8-16)6-15(10)7-13(17)14-11-2-4-18-5-3-11/h10-12,16H,2-9H2,1H3,(H,14,17). The van der Waals surface area contributed by atoms with Crippen molar-refractivity contribution in [1.82, 2.24) is 10.2 Å². The number of aliphatic hydroxyl groups is 1. The van der Waals surface area contributed by atoms with Crippen LogP contribution in [-0.2, 0) is 14.3 Å². The summed E-state index contributed by atoms with van der Waals surface area (Å²) in [5, 5.41) is 12.2. The predicted molar refractivity (Wildman–Crippen MR) is 69.8 cm³/mol. The van der Waals surface area contributed by atoms with Gasteiger partial charge in [0, 0.05) is 31.8 Å². The normalized spacial score (nSPS) is 30.2. The lowest BCUT2D eigenvalue weighted by molar-refractivity contribution is -0.128. The van der Waals surface area contributed by atoms with Crippen LogP contribution in [0.1, 0.15) is 19.8 Å². The monoisotopic (exact) mass is 272 g/mol. The number of amides is 1. The summed E-state index contributed by atoms with van der Waals surface area (Å²) in [5.74, 6) is 0.0531. The molecule has 19 heavy (non-hydrogen) atoms. The van der Waals surface area contributed by atoms with Crippen LogP contribution < -0.4 is 5.32 Å². The number of carbonyl (C=O) groups is 1. The maximum atomic E-state index is 12.0. The van der Waals surface area contributed by atoms with Gasteiger partial charge in [-0.25, -0.2) is 0 Å². The second-order valence-electron chi connectivity index (χ2n) is 5.37. The van der Waals surface area contributed by atoms with E-state index in [9.17, 15) is 4.79 Å². The molecule has 0 aromatic heterocycles. The van der Waals surface area contributed by atoms with E-state index < -0.39 is 0 Å². The highest BCUT2D eigenvalue weighted by Crippen LogP contribution is 2.11. The van der Waals surface area contributed by atoms with Crippen LogP contribution in [0.25, 0.3) is 0 Å². The van der Waals surface area contributed by atoms with Crippen LogP contribution in [0.5, 0.6) is 0 Å². The van der Waals surface area contributed by atoms with Crippen molar-refractivity contribution in [1.29, 1.82) is 0 Å². The molecule has 0 aromatic carbocycles. The molecule has 0 bridgehead atoms. The van der Waals surface area contributed by atoms with E-state index in [1.807, 2.05) is 6.92 Å². The zero-order valence-electron chi connectivity index (χ0n) is 11.5. The van der Waals surface area contributed by atoms with Crippen molar-refractivity contribution in [2.75, 3.05) is 39.5 Å². The first-order chi connectivity index (χ1) is 9.19. The van der Waals surface area contributed by atoms with Crippen molar-refractivity contribution in [2.24, 2.45) is 0 Å². The van der Waals surface area contributed by atoms with Gasteiger partial charge in [0.05, 0.1) is 25.9 Å². The first-order valence-corrected chi connectivity index (χ1v) is 7.02. The Bertz CT molecular complexity index is 294. The molecular weight excluding hydrogens is 248 g/mol. The minimum absolute atomic E-state index is 0.00476. The molecule has 0 saturated carbocycles. The number of aliphatic hydroxyl groups excluding tert-OH is 1. The molecule has 2 atom stereocenters. The maximum Gasteiger partial charge on any atom is 0.234 e. The van der Waals surface area contributed by atoms with Gasteiger partial charge < -0.3 is 19.9 Å². The fraction of sp³-hybridized carbons (Fsp3) is 0.923. The van der Waals surface area contributed by atoms with Crippen molar-refractivity contribution in [3.63, 3.8) is 0 Å². The largest absolute Gasteiger partial charge is 0.394 e. The molecule has 2 saturated heterocycles. The molecule has 2 N–H and O–H groups in total. The number of morpholine rings is 1. The van der Waals surface area contributed by atoms with Crippen molar-refractivity contribution < 1.29 is 19.4 Å². The number of rotatable bonds is 4. The lowest BCUT2D eigenvalue weighted by atomic mass is 10.1. The summed E-state index contributed by atoms with van der Waals surface area (Å²) < 4.78 is 10.7. The number of nitrogens with zero attached hydrogens (tertiary/aromatic N) is 1. The summed E-state index contributed by atoms with van der Waals surface area (Å²) in [4.78, 5) is 14.1. The molecule has 2 aliphatic heterocycles. The molecule has 2 unspecified atom stereocenters. The van der Waals surface area contributed by atoms with Gasteiger partial charge in [-0.15, -0.1) is 0 Å². The first kappa shape index (κ1) is 14.7. The van der Waals surface area contributed by atoms with Gasteiger partial charge in [0.2, 0.25) is 5.91 Å². The Balaban J connectivity index is 1.76. The Hall–Kier alpha value is -0.690. The third-order valence-electron chi connectivity index (χ3n) is 3.77. The Morgan fingerprint density at radius 1 is 1.42 bits per heavy atom. The second kappa shape index (κ2) is 7.19. The molecule has 110 valence electrons. The highest BCUT2D eigenvalue weighted by Gasteiger charge is 2.27. The van der Waals surface area contributed by atoms with Gasteiger partial charge in [0.15, 0.2) is 0 Å². The highest BCUT2D eigenvalue weighted by atomic mass is 16.5. The van der Waals surface area contributed by atoms with Crippen LogP contribution in [0, 0.1) is 0 Å². The molecular formula is C13H24N2O4. The number of nitrogens with one attached hydrogen (secondary N) is 1. The Labute approximate surface area is 114 Å². The average molecular weight is 272 g/mol. The fourth-order valence-corrected chi connectivity index (χ4v) is 2.51. The number of ether oxygens (including phenoxy) is 2. The Morgan fingerprint density at radius 3 is 2.84 bits per heavy atom. The van der Waals surface area contributed by atoms with Crippen LogP contribution >= 0.6 is 0 Å². The highest BCUT2D eigenvalue weighted by molar-refractivity contribution is 5.78. The zero-order chi connectivity index (χ0) is 13.7. The third kappa shape index (κ3) is 4.42. The SMILES string of the molecule is CC1COC(CO)CN1CC(=O)NC1CCOCC1. The Kier molecular flexibility index (Phi) is 5.57. The summed E-state index contributed by atoms with van der Waals surface area (Å²) in [7, 11) is 0. The van der Waals surface area contributed by atoms with Gasteiger partial charge in [-0.05, 0) is 19.8 Å². The van der Waals surface area contributed by atoms with E-state index in [-0.39, 0.29) is 30.7 Å². The smallest absolute Gasteiger partial charge is 0.234 e. The van der Waals surface area contributed by atoms with Crippen molar-refractivity contribution in [3.05, 3.63) is 0 Å². The lowest BCUT2D eigenvalue weighted by Crippen LogP contribution is -2.53. The van der Waals surface area contributed by atoms with Gasteiger partial charge >= 0.3 is 0 Å². The summed E-state index contributed by atoms with van der Waals surface area (Å²) in [5.41, 5.74) is 0. The lowest BCUT2D eigenvalue weighted by Gasteiger charge is -2.37. The molecule has 1 amide bonds. The van der Waals surface area contributed by atoms with Crippen LogP contribution in [0.2, 0.25) is 0 Å². The van der Waals surface area contributed by atoms with E-state index in [1.165, 1.54) is 0 Å². The van der Waals surface area contributed by atoms with E-state index in [0.717, 1.165) is 26.1 Å². The van der Waals surface area contributed by atoms with E-state index in [1.54, 1.807) is 0 Å². The van der Waals surface area contributed by atoms with E-state index >= 15 is 0 Å². The van der Waals surface area contributed by atoms with Gasteiger partial charge in [0.25, 0.3) is 0 Å².